The lowest BCUT2D eigenvalue weighted by Crippen LogP contribution is -2.34. The Morgan fingerprint density at radius 3 is 2.57 bits per heavy atom. The predicted molar refractivity (Wildman–Crippen MR) is 86.5 cm³/mol. The first-order valence-corrected chi connectivity index (χ1v) is 7.47. The van der Waals surface area contributed by atoms with Gasteiger partial charge < -0.3 is 4.74 Å². The molecule has 23 heavy (non-hydrogen) atoms. The van der Waals surface area contributed by atoms with Crippen LogP contribution in [-0.4, -0.2) is 49.0 Å². The van der Waals surface area contributed by atoms with Crippen molar-refractivity contribution in [1.82, 2.24) is 5.06 Å². The highest BCUT2D eigenvalue weighted by molar-refractivity contribution is 6.45. The molecule has 6 heteroatoms. The molecule has 1 aromatic rings. The molecular formula is C17H22N2O4. The first-order chi connectivity index (χ1) is 10.7. The van der Waals surface area contributed by atoms with Crippen LogP contribution in [0.1, 0.15) is 42.3 Å². The maximum absolute atomic E-state index is 12.5. The zero-order valence-corrected chi connectivity index (χ0v) is 14.2. The quantitative estimate of drug-likeness (QED) is 0.631. The third kappa shape index (κ3) is 3.76. The Hall–Kier alpha value is -2.21. The van der Waals surface area contributed by atoms with Crippen molar-refractivity contribution in [1.29, 1.82) is 0 Å². The number of hydrogen-bond acceptors (Lipinski definition) is 5. The number of fused-ring (bicyclic) bond motifs is 1. The van der Waals surface area contributed by atoms with Crippen LogP contribution in [0.2, 0.25) is 0 Å². The molecular weight excluding hydrogens is 296 g/mol. The number of benzene rings is 1. The molecule has 0 unspecified atom stereocenters. The van der Waals surface area contributed by atoms with Gasteiger partial charge in [0.25, 0.3) is 5.91 Å². The van der Waals surface area contributed by atoms with Crippen LogP contribution < -0.4 is 0 Å². The van der Waals surface area contributed by atoms with E-state index in [1.54, 1.807) is 32.9 Å². The number of rotatable bonds is 3. The van der Waals surface area contributed by atoms with Crippen molar-refractivity contribution in [3.63, 3.8) is 0 Å². The predicted octanol–water partition coefficient (Wildman–Crippen LogP) is 2.01. The molecule has 1 amide bonds. The van der Waals surface area contributed by atoms with E-state index in [0.29, 0.717) is 24.1 Å². The van der Waals surface area contributed by atoms with E-state index in [1.807, 2.05) is 6.07 Å². The normalized spacial score (nSPS) is 13.9. The van der Waals surface area contributed by atoms with Gasteiger partial charge in [-0.05, 0) is 38.8 Å². The van der Waals surface area contributed by atoms with Gasteiger partial charge >= 0.3 is 5.97 Å². The highest BCUT2D eigenvalue weighted by atomic mass is 16.7. The molecule has 0 bridgehead atoms. The van der Waals surface area contributed by atoms with Crippen LogP contribution in [0.15, 0.2) is 23.2 Å². The molecule has 0 saturated carbocycles. The maximum Gasteiger partial charge on any atom is 0.357 e. The summed E-state index contributed by atoms with van der Waals surface area (Å²) >= 11 is 0. The topological polar surface area (TPSA) is 68.2 Å². The summed E-state index contributed by atoms with van der Waals surface area (Å²) in [5, 5.41) is 1.12. The van der Waals surface area contributed by atoms with E-state index < -0.39 is 11.6 Å². The number of carbonyl (C=O) groups excluding carboxylic acids is 2. The van der Waals surface area contributed by atoms with Crippen molar-refractivity contribution >= 4 is 17.6 Å². The Morgan fingerprint density at radius 1 is 1.26 bits per heavy atom. The molecule has 0 aromatic heterocycles. The number of hydrogen-bond donors (Lipinski definition) is 0. The average molecular weight is 318 g/mol. The molecule has 1 aliphatic rings. The van der Waals surface area contributed by atoms with E-state index in [0.717, 1.165) is 10.6 Å². The highest BCUT2D eigenvalue weighted by Crippen LogP contribution is 2.23. The number of hydroxylamine groups is 2. The Balaban J connectivity index is 2.48. The maximum atomic E-state index is 12.5. The number of amides is 1. The van der Waals surface area contributed by atoms with E-state index in [-0.39, 0.29) is 11.6 Å². The third-order valence-electron chi connectivity index (χ3n) is 3.42. The largest absolute Gasteiger partial charge is 0.455 e. The van der Waals surface area contributed by atoms with Gasteiger partial charge in [0.2, 0.25) is 0 Å². The Kier molecular flexibility index (Phi) is 4.85. The summed E-state index contributed by atoms with van der Waals surface area (Å²) in [7, 11) is 2.94. The van der Waals surface area contributed by atoms with Gasteiger partial charge in [-0.1, -0.05) is 12.1 Å². The minimum atomic E-state index is -0.626. The van der Waals surface area contributed by atoms with Crippen LogP contribution in [-0.2, 0) is 20.8 Å². The second kappa shape index (κ2) is 6.50. The fourth-order valence-electron chi connectivity index (χ4n) is 2.38. The summed E-state index contributed by atoms with van der Waals surface area (Å²) in [4.78, 5) is 34.3. The monoisotopic (exact) mass is 318 g/mol. The van der Waals surface area contributed by atoms with Crippen LogP contribution in [0.5, 0.6) is 0 Å². The molecule has 0 spiro atoms. The smallest absolute Gasteiger partial charge is 0.357 e. The summed E-state index contributed by atoms with van der Waals surface area (Å²) in [6, 6.07) is 5.37. The van der Waals surface area contributed by atoms with Crippen LogP contribution in [0, 0.1) is 0 Å². The van der Waals surface area contributed by atoms with E-state index in [4.69, 9.17) is 9.57 Å². The minimum absolute atomic E-state index is 0.203. The molecule has 1 aliphatic heterocycles. The van der Waals surface area contributed by atoms with E-state index in [9.17, 15) is 9.59 Å². The fourth-order valence-corrected chi connectivity index (χ4v) is 2.38. The van der Waals surface area contributed by atoms with Crippen molar-refractivity contribution in [3.05, 3.63) is 34.9 Å². The molecule has 0 aliphatic carbocycles. The number of aliphatic imine (C=N–C) groups is 1. The van der Waals surface area contributed by atoms with E-state index in [1.165, 1.54) is 14.2 Å². The molecule has 1 heterocycles. The molecule has 0 atom stereocenters. The fraction of sp³-hybridized carbons (Fsp3) is 0.471. The third-order valence-corrected chi connectivity index (χ3v) is 3.42. The Morgan fingerprint density at radius 2 is 1.96 bits per heavy atom. The molecule has 0 radical (unpaired) electrons. The van der Waals surface area contributed by atoms with Crippen molar-refractivity contribution in [2.24, 2.45) is 4.99 Å². The van der Waals surface area contributed by atoms with Gasteiger partial charge in [0.05, 0.1) is 12.7 Å². The average Bonchev–Trinajstić information content (AvgIpc) is 2.50. The van der Waals surface area contributed by atoms with Crippen LogP contribution in [0.25, 0.3) is 0 Å². The Bertz CT molecular complexity index is 659. The van der Waals surface area contributed by atoms with Crippen molar-refractivity contribution in [3.8, 4) is 0 Å². The van der Waals surface area contributed by atoms with E-state index >= 15 is 0 Å². The van der Waals surface area contributed by atoms with Gasteiger partial charge in [0, 0.05) is 19.2 Å². The number of esters is 1. The minimum Gasteiger partial charge on any atom is -0.455 e. The van der Waals surface area contributed by atoms with Crippen molar-refractivity contribution in [2.45, 2.75) is 32.8 Å². The summed E-state index contributed by atoms with van der Waals surface area (Å²) < 4.78 is 5.43. The van der Waals surface area contributed by atoms with Gasteiger partial charge in [0.15, 0.2) is 5.71 Å². The molecule has 2 rings (SSSR count). The Labute approximate surface area is 136 Å². The SMILES string of the molecule is CON(C)C(=O)c1cccc2c1C(C(=O)OC(C)(C)C)=NCC2. The molecule has 0 N–H and O–H groups in total. The lowest BCUT2D eigenvalue weighted by molar-refractivity contribution is -0.146. The number of carbonyl (C=O) groups is 2. The number of nitrogens with zero attached hydrogens (tertiary/aromatic N) is 2. The molecule has 0 saturated heterocycles. The molecule has 6 nitrogen and oxygen atoms in total. The van der Waals surface area contributed by atoms with Crippen LogP contribution in [0.4, 0.5) is 0 Å². The standard InChI is InChI=1S/C17H22N2O4/c1-17(2,3)23-16(21)14-13-11(9-10-18-14)7-6-8-12(13)15(20)19(4)22-5/h6-8H,9-10H2,1-5H3. The van der Waals surface area contributed by atoms with Crippen LogP contribution in [0.3, 0.4) is 0 Å². The summed E-state index contributed by atoms with van der Waals surface area (Å²) in [6.07, 6.45) is 0.680. The second-order valence-corrected chi connectivity index (χ2v) is 6.31. The van der Waals surface area contributed by atoms with Gasteiger partial charge in [-0.2, -0.15) is 0 Å². The first kappa shape index (κ1) is 17.1. The molecule has 1 aromatic carbocycles. The summed E-state index contributed by atoms with van der Waals surface area (Å²) in [5.41, 5.74) is 1.42. The molecule has 0 fully saturated rings. The highest BCUT2D eigenvalue weighted by Gasteiger charge is 2.30. The van der Waals surface area contributed by atoms with Crippen LogP contribution >= 0.6 is 0 Å². The summed E-state index contributed by atoms with van der Waals surface area (Å²) in [5.74, 6) is -0.846. The molecule has 124 valence electrons. The van der Waals surface area contributed by atoms with Crippen molar-refractivity contribution in [2.75, 3.05) is 20.7 Å². The van der Waals surface area contributed by atoms with Gasteiger partial charge in [0.1, 0.15) is 5.60 Å². The van der Waals surface area contributed by atoms with E-state index in [2.05, 4.69) is 4.99 Å². The van der Waals surface area contributed by atoms with Gasteiger partial charge in [-0.15, -0.1) is 0 Å². The first-order valence-electron chi connectivity index (χ1n) is 7.47. The zero-order valence-electron chi connectivity index (χ0n) is 14.2. The second-order valence-electron chi connectivity index (χ2n) is 6.31. The lowest BCUT2D eigenvalue weighted by Gasteiger charge is -2.24. The van der Waals surface area contributed by atoms with Gasteiger partial charge in [-0.3, -0.25) is 14.6 Å². The number of ether oxygens (including phenoxy) is 1. The van der Waals surface area contributed by atoms with Crippen molar-refractivity contribution < 1.29 is 19.2 Å². The summed E-state index contributed by atoms with van der Waals surface area (Å²) in [6.45, 7) is 5.89. The lowest BCUT2D eigenvalue weighted by atomic mass is 9.92. The zero-order chi connectivity index (χ0) is 17.2. The van der Waals surface area contributed by atoms with Gasteiger partial charge in [-0.25, -0.2) is 9.86 Å².